The number of pyridine rings is 1. The van der Waals surface area contributed by atoms with Gasteiger partial charge in [-0.25, -0.2) is 4.79 Å². The summed E-state index contributed by atoms with van der Waals surface area (Å²) in [5, 5.41) is 0. The molecule has 1 fully saturated rings. The zero-order chi connectivity index (χ0) is 14.5. The maximum Gasteiger partial charge on any atom is 0.338 e. The summed E-state index contributed by atoms with van der Waals surface area (Å²) in [6.45, 7) is 5.57. The largest absolute Gasteiger partial charge is 0.452 e. The highest BCUT2D eigenvalue weighted by atomic mass is 16.5. The smallest absolute Gasteiger partial charge is 0.338 e. The molecule has 2 rings (SSSR count). The summed E-state index contributed by atoms with van der Waals surface area (Å²) in [5.41, 5.74) is 0.410. The summed E-state index contributed by atoms with van der Waals surface area (Å²) in [7, 11) is 0. The first-order valence-corrected chi connectivity index (χ1v) is 6.91. The number of amides is 1. The van der Waals surface area contributed by atoms with Crippen LogP contribution in [-0.2, 0) is 9.53 Å². The van der Waals surface area contributed by atoms with Crippen LogP contribution in [0.1, 0.15) is 30.6 Å². The van der Waals surface area contributed by atoms with Crippen LogP contribution in [0.25, 0.3) is 0 Å². The Balaban J connectivity index is 1.84. The second-order valence-corrected chi connectivity index (χ2v) is 5.56. The molecule has 1 aromatic rings. The van der Waals surface area contributed by atoms with Crippen molar-refractivity contribution in [2.24, 2.45) is 11.8 Å². The average molecular weight is 276 g/mol. The van der Waals surface area contributed by atoms with Crippen LogP contribution in [0, 0.1) is 11.8 Å². The molecule has 5 heteroatoms. The van der Waals surface area contributed by atoms with Crippen LogP contribution in [0.3, 0.4) is 0 Å². The quantitative estimate of drug-likeness (QED) is 0.789. The molecule has 0 aliphatic carbocycles. The van der Waals surface area contributed by atoms with Crippen LogP contribution in [0.2, 0.25) is 0 Å². The van der Waals surface area contributed by atoms with Gasteiger partial charge < -0.3 is 9.64 Å². The van der Waals surface area contributed by atoms with Crippen molar-refractivity contribution in [2.75, 3.05) is 19.7 Å². The van der Waals surface area contributed by atoms with Crippen LogP contribution >= 0.6 is 0 Å². The Morgan fingerprint density at radius 1 is 1.25 bits per heavy atom. The number of carbonyl (C=O) groups excluding carboxylic acids is 2. The first kappa shape index (κ1) is 14.5. The molecular weight excluding hydrogens is 256 g/mol. The Labute approximate surface area is 118 Å². The zero-order valence-corrected chi connectivity index (χ0v) is 11.9. The van der Waals surface area contributed by atoms with E-state index in [-0.39, 0.29) is 12.5 Å². The molecule has 1 amide bonds. The van der Waals surface area contributed by atoms with E-state index in [0.29, 0.717) is 17.4 Å². The summed E-state index contributed by atoms with van der Waals surface area (Å²) in [5.74, 6) is 0.391. The van der Waals surface area contributed by atoms with Crippen molar-refractivity contribution in [2.45, 2.75) is 20.3 Å². The monoisotopic (exact) mass is 276 g/mol. The summed E-state index contributed by atoms with van der Waals surface area (Å²) in [6.07, 6.45) is 4.18. The van der Waals surface area contributed by atoms with Gasteiger partial charge in [-0.3, -0.25) is 9.78 Å². The minimum Gasteiger partial charge on any atom is -0.452 e. The first-order valence-electron chi connectivity index (χ1n) is 6.91. The van der Waals surface area contributed by atoms with Gasteiger partial charge in [-0.2, -0.15) is 0 Å². The molecule has 1 aliphatic rings. The molecule has 1 saturated heterocycles. The predicted molar refractivity (Wildman–Crippen MR) is 74.0 cm³/mol. The normalized spacial score (nSPS) is 22.4. The second kappa shape index (κ2) is 6.50. The Morgan fingerprint density at radius 3 is 2.45 bits per heavy atom. The van der Waals surface area contributed by atoms with E-state index in [2.05, 4.69) is 18.8 Å². The first-order chi connectivity index (χ1) is 9.56. The molecule has 2 unspecified atom stereocenters. The van der Waals surface area contributed by atoms with Crippen LogP contribution < -0.4 is 0 Å². The summed E-state index contributed by atoms with van der Waals surface area (Å²) >= 11 is 0. The molecule has 2 atom stereocenters. The molecule has 0 saturated carbocycles. The fourth-order valence-corrected chi connectivity index (χ4v) is 2.66. The van der Waals surface area contributed by atoms with Gasteiger partial charge in [0.05, 0.1) is 5.56 Å². The van der Waals surface area contributed by atoms with Gasteiger partial charge in [-0.15, -0.1) is 0 Å². The van der Waals surface area contributed by atoms with Crippen molar-refractivity contribution in [3.8, 4) is 0 Å². The van der Waals surface area contributed by atoms with E-state index in [4.69, 9.17) is 4.74 Å². The minimum absolute atomic E-state index is 0.120. The van der Waals surface area contributed by atoms with Crippen LogP contribution in [0.15, 0.2) is 24.5 Å². The van der Waals surface area contributed by atoms with E-state index >= 15 is 0 Å². The molecule has 1 aliphatic heterocycles. The highest BCUT2D eigenvalue weighted by molar-refractivity contribution is 5.91. The molecule has 5 nitrogen and oxygen atoms in total. The second-order valence-electron chi connectivity index (χ2n) is 5.56. The Hall–Kier alpha value is -1.91. The van der Waals surface area contributed by atoms with Gasteiger partial charge in [0.15, 0.2) is 6.61 Å². The summed E-state index contributed by atoms with van der Waals surface area (Å²) in [4.78, 5) is 29.4. The number of hydrogen-bond acceptors (Lipinski definition) is 4. The van der Waals surface area contributed by atoms with Crippen LogP contribution in [0.5, 0.6) is 0 Å². The summed E-state index contributed by atoms with van der Waals surface area (Å²) < 4.78 is 5.06. The van der Waals surface area contributed by atoms with Crippen LogP contribution in [0.4, 0.5) is 0 Å². The lowest BCUT2D eigenvalue weighted by Gasteiger charge is -2.34. The van der Waals surface area contributed by atoms with E-state index in [9.17, 15) is 9.59 Å². The van der Waals surface area contributed by atoms with Gasteiger partial charge in [0.1, 0.15) is 0 Å². The Morgan fingerprint density at radius 2 is 1.85 bits per heavy atom. The molecule has 2 heterocycles. The molecule has 0 bridgehead atoms. The fourth-order valence-electron chi connectivity index (χ4n) is 2.66. The van der Waals surface area contributed by atoms with E-state index < -0.39 is 5.97 Å². The van der Waals surface area contributed by atoms with Gasteiger partial charge in [-0.05, 0) is 30.4 Å². The van der Waals surface area contributed by atoms with E-state index in [0.717, 1.165) is 19.5 Å². The maximum atomic E-state index is 12.1. The number of ether oxygens (including phenoxy) is 1. The van der Waals surface area contributed by atoms with Crippen molar-refractivity contribution in [3.63, 3.8) is 0 Å². The number of piperidine rings is 1. The number of likely N-dealkylation sites (tertiary alicyclic amines) is 1. The lowest BCUT2D eigenvalue weighted by Crippen LogP contribution is -2.44. The number of nitrogens with zero attached hydrogens (tertiary/aromatic N) is 2. The third-order valence-electron chi connectivity index (χ3n) is 3.46. The van der Waals surface area contributed by atoms with Crippen molar-refractivity contribution in [1.29, 1.82) is 0 Å². The van der Waals surface area contributed by atoms with Crippen molar-refractivity contribution in [3.05, 3.63) is 30.1 Å². The minimum atomic E-state index is -0.487. The molecule has 0 spiro atoms. The molecule has 20 heavy (non-hydrogen) atoms. The predicted octanol–water partition coefficient (Wildman–Crippen LogP) is 1.74. The third-order valence-corrected chi connectivity index (χ3v) is 3.46. The lowest BCUT2D eigenvalue weighted by molar-refractivity contribution is -0.137. The lowest BCUT2D eigenvalue weighted by atomic mass is 9.92. The number of rotatable bonds is 3. The SMILES string of the molecule is CC1CC(C)CN(C(=O)COC(=O)c2ccncc2)C1. The Kier molecular flexibility index (Phi) is 4.71. The molecule has 0 N–H and O–H groups in total. The van der Waals surface area contributed by atoms with Crippen molar-refractivity contribution >= 4 is 11.9 Å². The number of hydrogen-bond donors (Lipinski definition) is 0. The maximum absolute atomic E-state index is 12.1. The highest BCUT2D eigenvalue weighted by Crippen LogP contribution is 2.20. The standard InChI is InChI=1S/C15H20N2O3/c1-11-7-12(2)9-17(8-11)14(18)10-20-15(19)13-3-5-16-6-4-13/h3-6,11-12H,7-10H2,1-2H3. The number of aromatic nitrogens is 1. The molecule has 108 valence electrons. The Bertz CT molecular complexity index is 465. The van der Waals surface area contributed by atoms with Crippen molar-refractivity contribution in [1.82, 2.24) is 9.88 Å². The average Bonchev–Trinajstić information content (AvgIpc) is 2.44. The van der Waals surface area contributed by atoms with Gasteiger partial charge in [-0.1, -0.05) is 13.8 Å². The van der Waals surface area contributed by atoms with E-state index in [1.54, 1.807) is 17.0 Å². The van der Waals surface area contributed by atoms with Gasteiger partial charge >= 0.3 is 5.97 Å². The number of esters is 1. The summed E-state index contributed by atoms with van der Waals surface area (Å²) in [6, 6.07) is 3.13. The van der Waals surface area contributed by atoms with E-state index in [1.807, 2.05) is 0 Å². The third kappa shape index (κ3) is 3.79. The molecular formula is C15H20N2O3. The number of carbonyl (C=O) groups is 2. The zero-order valence-electron chi connectivity index (χ0n) is 11.9. The fraction of sp³-hybridized carbons (Fsp3) is 0.533. The molecule has 0 aromatic carbocycles. The molecule has 0 radical (unpaired) electrons. The molecule has 1 aromatic heterocycles. The van der Waals surface area contributed by atoms with Gasteiger partial charge in [0, 0.05) is 25.5 Å². The van der Waals surface area contributed by atoms with Gasteiger partial charge in [0.25, 0.3) is 5.91 Å². The highest BCUT2D eigenvalue weighted by Gasteiger charge is 2.25. The topological polar surface area (TPSA) is 59.5 Å². The van der Waals surface area contributed by atoms with Crippen LogP contribution in [-0.4, -0.2) is 41.5 Å². The van der Waals surface area contributed by atoms with Gasteiger partial charge in [0.2, 0.25) is 0 Å². The van der Waals surface area contributed by atoms with E-state index in [1.165, 1.54) is 12.4 Å². The van der Waals surface area contributed by atoms with Crippen molar-refractivity contribution < 1.29 is 14.3 Å².